The van der Waals surface area contributed by atoms with Crippen LogP contribution in [0.2, 0.25) is 0 Å². The predicted molar refractivity (Wildman–Crippen MR) is 536 cm³/mol. The van der Waals surface area contributed by atoms with Gasteiger partial charge in [-0.1, -0.05) is 48.0 Å². The smallest absolute Gasteiger partial charge is 0.326 e. The van der Waals surface area contributed by atoms with Crippen LogP contribution in [0.25, 0.3) is 0 Å². The largest absolute Gasteiger partial charge is 0.481 e. The number of carboxylic acids is 3. The van der Waals surface area contributed by atoms with Gasteiger partial charge in [0.15, 0.2) is 0 Å². The van der Waals surface area contributed by atoms with Gasteiger partial charge < -0.3 is 177 Å². The number of carbonyl (C=O) groups is 24. The molecule has 842 valence electrons. The second kappa shape index (κ2) is 72.9. The van der Waals surface area contributed by atoms with Crippen LogP contribution in [0, 0.1) is 17.8 Å². The quantitative estimate of drug-likeness (QED) is 0.0199. The van der Waals surface area contributed by atoms with Crippen LogP contribution in [-0.2, 0) is 115 Å². The van der Waals surface area contributed by atoms with Crippen LogP contribution in [0.5, 0.6) is 0 Å². The van der Waals surface area contributed by atoms with E-state index in [0.717, 1.165) is 20.8 Å². The molecule has 0 aromatic rings. The number of hydrogen-bond donors (Lipinski definition) is 34. The molecule has 57 nitrogen and oxygen atoms in total. The first-order valence-electron chi connectivity index (χ1n) is 48.7. The highest BCUT2D eigenvalue weighted by molar-refractivity contribution is 7.98. The Morgan fingerprint density at radius 3 is 0.926 bits per heavy atom. The first-order chi connectivity index (χ1) is 69.5. The molecule has 21 amide bonds. The Bertz CT molecular complexity index is 4390. The second-order valence-electron chi connectivity index (χ2n) is 36.2. The van der Waals surface area contributed by atoms with E-state index in [2.05, 4.69) is 114 Å². The summed E-state index contributed by atoms with van der Waals surface area (Å²) in [6.07, 6.45) is -5.53. The third-order valence-corrected chi connectivity index (χ3v) is 23.9. The van der Waals surface area contributed by atoms with Crippen LogP contribution in [0.1, 0.15) is 204 Å². The van der Waals surface area contributed by atoms with Gasteiger partial charge in [0.2, 0.25) is 124 Å². The van der Waals surface area contributed by atoms with Crippen LogP contribution in [-0.4, -0.2) is 368 Å². The van der Waals surface area contributed by atoms with E-state index in [0.29, 0.717) is 12.8 Å². The van der Waals surface area contributed by atoms with Gasteiger partial charge in [-0.05, 0) is 186 Å². The molecule has 0 heterocycles. The maximum atomic E-state index is 14.6. The number of aliphatic carboxylic acids is 3. The predicted octanol–water partition coefficient (Wildman–Crippen LogP) is -12.5. The minimum atomic E-state index is -2.02. The van der Waals surface area contributed by atoms with Crippen molar-refractivity contribution >= 4 is 166 Å². The molecule has 22 atom stereocenters. The molecule has 0 unspecified atom stereocenters. The van der Waals surface area contributed by atoms with Gasteiger partial charge in [-0.3, -0.25) is 110 Å². The molecule has 0 radical (unpaired) electrons. The lowest BCUT2D eigenvalue weighted by molar-refractivity contribution is -0.144. The third kappa shape index (κ3) is 52.5. The van der Waals surface area contributed by atoms with Gasteiger partial charge >= 0.3 is 17.9 Å². The number of unbranched alkanes of at least 4 members (excludes halogenated alkanes) is 4. The van der Waals surface area contributed by atoms with Crippen LogP contribution in [0.3, 0.4) is 0 Å². The number of primary amides is 2. The molecule has 0 aliphatic heterocycles. The fraction of sp³-hybridized carbons (Fsp3) is 0.730. The number of rotatable bonds is 78. The van der Waals surface area contributed by atoms with Crippen LogP contribution in [0.15, 0.2) is 0 Å². The molecule has 0 bridgehead atoms. The summed E-state index contributed by atoms with van der Waals surface area (Å²) in [6.45, 7) is 11.3. The molecular formula is C89H158N26O31S2. The molecule has 0 aromatic carbocycles. The molecule has 148 heavy (non-hydrogen) atoms. The molecule has 0 saturated heterocycles. The standard InChI is InChI=1S/C89H158N26O31S2/c1-12-44(6)68(114-84(140)61(41-147)111-80(136)56(35-42(2)3)107-82(138)59(39-116)109-72(128)45(7)97-73(129)49(21-13-17-30-90)101-81(137)57(36-62(95)120)106-71(127)46(8)98-87(143)69(47(9)118)112-64(122)38-94)86(142)110-60(40-117)83(139)115-70(48(10)119)88(144)104-52(24-16-20-33-93)76(132)99-50(22-14-18-31-91)74(130)102-54(26-28-66(125)126)79(135)113-67(43(4)5)85(141)105-53(25-27-65(123)124)77(133)100-51(23-15-19-32-92)75(131)103-55(29-34-148-11)78(134)108-58(89(145)146)37-63(96)121/h42-61,67-70,116-119,147H,12-41,90-94H2,1-11H3,(H2,95,120)(H2,96,121)(H,97,129)(H,98,143)(H,99,132)(H,100,133)(H,101,137)(H,102,130)(H,103,131)(H,104,144)(H,105,141)(H,106,127)(H,107,138)(H,108,134)(H,109,128)(H,110,142)(H,111,136)(H,112,122)(H,113,135)(H,114,140)(H,115,139)(H,123,124)(H,125,126)(H,145,146)/t44-,45-,46-,47+,48+,49-,50-,51-,52-,53-,54-,55-,56-,57-,58-,59-,60-,61-,67-,68-,69-,70-/m0/s1. The molecule has 59 heteroatoms. The highest BCUT2D eigenvalue weighted by atomic mass is 32.2. The maximum absolute atomic E-state index is 14.6. The van der Waals surface area contributed by atoms with E-state index in [1.54, 1.807) is 27.0 Å². The minimum absolute atomic E-state index is 0.0550. The highest BCUT2D eigenvalue weighted by Gasteiger charge is 2.42. The van der Waals surface area contributed by atoms with Crippen molar-refractivity contribution in [3.8, 4) is 0 Å². The van der Waals surface area contributed by atoms with Crippen molar-refractivity contribution in [1.82, 2.24) is 101 Å². The summed E-state index contributed by atoms with van der Waals surface area (Å²) >= 11 is 5.50. The normalized spacial score (nSPS) is 15.7. The zero-order valence-electron chi connectivity index (χ0n) is 85.4. The van der Waals surface area contributed by atoms with Crippen LogP contribution >= 0.6 is 24.4 Å². The Hall–Kier alpha value is -12.4. The SMILES string of the molecule is CC[C@H](C)[C@H](NC(=O)[C@H](CS)NC(=O)[C@H](CC(C)C)NC(=O)[C@H](CO)NC(=O)[C@H](C)NC(=O)[C@H](CCCCN)NC(=O)[C@H](CC(N)=O)NC(=O)[C@H](C)NC(=O)[C@@H](NC(=O)CN)[C@@H](C)O)C(=O)N[C@@H](CO)C(=O)N[C@H](C(=O)N[C@@H](CCCCN)C(=O)N[C@@H](CCCCN)C(=O)N[C@@H](CCC(=O)O)C(=O)N[C@H](C(=O)N[C@@H](CCC(=O)O)C(=O)N[C@@H](CCCCN)C(=O)N[C@@H](CCSC)C(=O)N[C@@H](CC(N)=O)C(=O)O)C(C)C)[C@@H](C)O. The monoisotopic (exact) mass is 2150 g/mol. The lowest BCUT2D eigenvalue weighted by atomic mass is 9.97. The lowest BCUT2D eigenvalue weighted by Gasteiger charge is -2.30. The average Bonchev–Trinajstić information content (AvgIpc) is 0.848. The van der Waals surface area contributed by atoms with Crippen molar-refractivity contribution < 1.29 is 151 Å². The van der Waals surface area contributed by atoms with E-state index < -0.39 is 351 Å². The van der Waals surface area contributed by atoms with Crippen LogP contribution < -0.4 is 141 Å². The van der Waals surface area contributed by atoms with Crippen LogP contribution in [0.4, 0.5) is 0 Å². The first-order valence-corrected chi connectivity index (χ1v) is 50.7. The number of carboxylic acid groups (broad SMARTS) is 3. The average molecular weight is 2150 g/mol. The molecule has 40 N–H and O–H groups in total. The number of carbonyl (C=O) groups excluding carboxylic acids is 21. The van der Waals surface area contributed by atoms with Crippen molar-refractivity contribution in [3.05, 3.63) is 0 Å². The zero-order chi connectivity index (χ0) is 113. The number of amides is 21. The second-order valence-corrected chi connectivity index (χ2v) is 37.6. The Morgan fingerprint density at radius 1 is 0.304 bits per heavy atom. The summed E-state index contributed by atoms with van der Waals surface area (Å²) in [5.41, 5.74) is 38.9. The van der Waals surface area contributed by atoms with Gasteiger partial charge in [0, 0.05) is 18.6 Å². The van der Waals surface area contributed by atoms with E-state index >= 15 is 0 Å². The summed E-state index contributed by atoms with van der Waals surface area (Å²) < 4.78 is 0. The van der Waals surface area contributed by atoms with Crippen molar-refractivity contribution in [2.45, 2.75) is 331 Å². The number of aliphatic hydroxyl groups is 4. The lowest BCUT2D eigenvalue weighted by Crippen LogP contribution is -2.63. The van der Waals surface area contributed by atoms with Gasteiger partial charge in [-0.25, -0.2) is 4.79 Å². The first kappa shape index (κ1) is 136. The van der Waals surface area contributed by atoms with E-state index in [-0.39, 0.29) is 115 Å². The third-order valence-electron chi connectivity index (χ3n) is 22.8. The number of hydrogen-bond acceptors (Lipinski definition) is 35. The molecule has 0 aliphatic carbocycles. The topological polar surface area (TPSA) is 962 Å². The van der Waals surface area contributed by atoms with E-state index in [9.17, 15) is 151 Å². The number of nitrogens with two attached hydrogens (primary N) is 7. The van der Waals surface area contributed by atoms with Crippen molar-refractivity contribution in [1.29, 1.82) is 0 Å². The summed E-state index contributed by atoms with van der Waals surface area (Å²) in [5, 5.41) is 117. The van der Waals surface area contributed by atoms with E-state index in [4.69, 9.17) is 40.1 Å². The van der Waals surface area contributed by atoms with Crippen molar-refractivity contribution in [3.63, 3.8) is 0 Å². The molecular weight excluding hydrogens is 1990 g/mol. The molecule has 0 aliphatic rings. The molecule has 0 aromatic heterocycles. The molecule has 0 fully saturated rings. The van der Waals surface area contributed by atoms with Gasteiger partial charge in [-0.15, -0.1) is 0 Å². The number of aliphatic hydroxyl groups excluding tert-OH is 4. The van der Waals surface area contributed by atoms with Crippen molar-refractivity contribution in [2.24, 2.45) is 57.9 Å². The zero-order valence-corrected chi connectivity index (χ0v) is 87.1. The minimum Gasteiger partial charge on any atom is -0.481 e. The Kier molecular flexibility index (Phi) is 66.8. The molecule has 0 rings (SSSR count). The number of nitrogens with one attached hydrogen (secondary N) is 19. The Morgan fingerprint density at radius 2 is 0.574 bits per heavy atom. The summed E-state index contributed by atoms with van der Waals surface area (Å²) in [7, 11) is 0. The Balaban J connectivity index is 7.06. The van der Waals surface area contributed by atoms with E-state index in [1.165, 1.54) is 39.5 Å². The molecule has 0 spiro atoms. The van der Waals surface area contributed by atoms with Gasteiger partial charge in [-0.2, -0.15) is 24.4 Å². The van der Waals surface area contributed by atoms with Crippen molar-refractivity contribution in [2.75, 3.05) is 63.7 Å². The summed E-state index contributed by atoms with van der Waals surface area (Å²) in [6, 6.07) is -32.0. The number of thiol groups is 1. The maximum Gasteiger partial charge on any atom is 0.326 e. The Labute approximate surface area is 866 Å². The van der Waals surface area contributed by atoms with Gasteiger partial charge in [0.25, 0.3) is 0 Å². The summed E-state index contributed by atoms with van der Waals surface area (Å²) in [5.74, 6) is -30.1. The number of thioether (sulfide) groups is 1. The fourth-order valence-corrected chi connectivity index (χ4v) is 14.8. The summed E-state index contributed by atoms with van der Waals surface area (Å²) in [4.78, 5) is 325. The van der Waals surface area contributed by atoms with E-state index in [1.807, 2.05) is 0 Å². The van der Waals surface area contributed by atoms with Gasteiger partial charge in [0.05, 0.1) is 44.8 Å². The highest BCUT2D eigenvalue weighted by Crippen LogP contribution is 2.17. The fourth-order valence-electron chi connectivity index (χ4n) is 14.1. The molecule has 0 saturated carbocycles. The van der Waals surface area contributed by atoms with Gasteiger partial charge in [0.1, 0.15) is 115 Å².